The van der Waals surface area contributed by atoms with Crippen molar-refractivity contribution in [2.45, 2.75) is 18.9 Å². The monoisotopic (exact) mass is 199 g/mol. The molecule has 0 aliphatic carbocycles. The Hall–Kier alpha value is -0.570. The third kappa shape index (κ3) is 3.35. The first kappa shape index (κ1) is 10.5. The normalized spacial score (nSPS) is 15.4. The van der Waals surface area contributed by atoms with Crippen molar-refractivity contribution in [2.24, 2.45) is 5.73 Å². The van der Waals surface area contributed by atoms with Crippen LogP contribution in [0.15, 0.2) is 24.3 Å². The van der Waals surface area contributed by atoms with Crippen molar-refractivity contribution in [2.75, 3.05) is 6.54 Å². The van der Waals surface area contributed by atoms with Crippen molar-refractivity contribution >= 4 is 11.6 Å². The van der Waals surface area contributed by atoms with Crippen molar-refractivity contribution in [3.63, 3.8) is 0 Å². The average Bonchev–Trinajstić information content (AvgIpc) is 2.09. The van der Waals surface area contributed by atoms with Gasteiger partial charge in [0.25, 0.3) is 0 Å². The summed E-state index contributed by atoms with van der Waals surface area (Å²) in [7, 11) is 0. The molecule has 1 rings (SSSR count). The van der Waals surface area contributed by atoms with Gasteiger partial charge in [0.2, 0.25) is 0 Å². The quantitative estimate of drug-likeness (QED) is 0.777. The predicted molar refractivity (Wildman–Crippen MR) is 54.8 cm³/mol. The zero-order chi connectivity index (χ0) is 9.90. The topological polar surface area (TPSA) is 46.2 Å². The number of halogens is 1. The van der Waals surface area contributed by atoms with E-state index in [4.69, 9.17) is 17.3 Å². The maximum atomic E-state index is 9.69. The van der Waals surface area contributed by atoms with Gasteiger partial charge in [-0.2, -0.15) is 0 Å². The number of benzene rings is 1. The first-order valence-corrected chi connectivity index (χ1v) is 4.58. The Labute approximate surface area is 83.3 Å². The Morgan fingerprint density at radius 2 is 1.92 bits per heavy atom. The highest BCUT2D eigenvalue weighted by Crippen LogP contribution is 2.14. The number of nitrogens with two attached hydrogens (primary N) is 1. The lowest BCUT2D eigenvalue weighted by Crippen LogP contribution is -2.36. The van der Waals surface area contributed by atoms with Crippen molar-refractivity contribution in [3.05, 3.63) is 34.9 Å². The molecular formula is C10H14ClNO. The molecule has 0 bridgehead atoms. The number of aliphatic hydroxyl groups is 1. The molecule has 0 aromatic heterocycles. The molecule has 3 N–H and O–H groups in total. The minimum atomic E-state index is -0.826. The molecule has 0 spiro atoms. The van der Waals surface area contributed by atoms with E-state index in [0.717, 1.165) is 5.56 Å². The molecule has 0 aliphatic rings. The summed E-state index contributed by atoms with van der Waals surface area (Å²) < 4.78 is 0. The van der Waals surface area contributed by atoms with Gasteiger partial charge in [-0.1, -0.05) is 23.7 Å². The van der Waals surface area contributed by atoms with E-state index >= 15 is 0 Å². The molecular weight excluding hydrogens is 186 g/mol. The van der Waals surface area contributed by atoms with Crippen LogP contribution in [0.1, 0.15) is 12.5 Å². The van der Waals surface area contributed by atoms with E-state index in [1.165, 1.54) is 0 Å². The predicted octanol–water partition coefficient (Wildman–Crippen LogP) is 1.59. The lowest BCUT2D eigenvalue weighted by atomic mass is 9.97. The number of rotatable bonds is 3. The molecule has 0 aliphatic heterocycles. The molecule has 0 radical (unpaired) electrons. The van der Waals surface area contributed by atoms with Crippen molar-refractivity contribution in [1.82, 2.24) is 0 Å². The zero-order valence-electron chi connectivity index (χ0n) is 7.63. The lowest BCUT2D eigenvalue weighted by Gasteiger charge is -2.20. The molecule has 1 aromatic rings. The molecule has 3 heteroatoms. The highest BCUT2D eigenvalue weighted by atomic mass is 35.5. The second-order valence-electron chi connectivity index (χ2n) is 3.50. The van der Waals surface area contributed by atoms with Crippen LogP contribution in [-0.2, 0) is 6.42 Å². The van der Waals surface area contributed by atoms with Crippen LogP contribution in [0.4, 0.5) is 0 Å². The summed E-state index contributed by atoms with van der Waals surface area (Å²) in [6.07, 6.45) is 0.556. The fraction of sp³-hybridized carbons (Fsp3) is 0.400. The van der Waals surface area contributed by atoms with Gasteiger partial charge < -0.3 is 10.8 Å². The van der Waals surface area contributed by atoms with Gasteiger partial charge in [-0.25, -0.2) is 0 Å². The minimum Gasteiger partial charge on any atom is -0.389 e. The Morgan fingerprint density at radius 3 is 2.38 bits per heavy atom. The average molecular weight is 200 g/mol. The molecule has 2 nitrogen and oxygen atoms in total. The van der Waals surface area contributed by atoms with Crippen LogP contribution in [0.25, 0.3) is 0 Å². The summed E-state index contributed by atoms with van der Waals surface area (Å²) in [5.41, 5.74) is 5.62. The molecule has 0 heterocycles. The third-order valence-electron chi connectivity index (χ3n) is 1.94. The van der Waals surface area contributed by atoms with Crippen LogP contribution in [0.2, 0.25) is 5.02 Å². The Bertz CT molecular complexity index is 269. The number of hydrogen-bond donors (Lipinski definition) is 2. The number of hydrogen-bond acceptors (Lipinski definition) is 2. The first-order valence-electron chi connectivity index (χ1n) is 4.20. The largest absolute Gasteiger partial charge is 0.389 e. The molecule has 1 aromatic carbocycles. The molecule has 72 valence electrons. The van der Waals surface area contributed by atoms with Gasteiger partial charge in [0.15, 0.2) is 0 Å². The maximum Gasteiger partial charge on any atom is 0.0781 e. The van der Waals surface area contributed by atoms with Crippen molar-refractivity contribution < 1.29 is 5.11 Å². The van der Waals surface area contributed by atoms with Gasteiger partial charge in [0, 0.05) is 18.0 Å². The Kier molecular flexibility index (Phi) is 3.31. The summed E-state index contributed by atoms with van der Waals surface area (Å²) in [4.78, 5) is 0. The van der Waals surface area contributed by atoms with Gasteiger partial charge >= 0.3 is 0 Å². The Balaban J connectivity index is 2.69. The van der Waals surface area contributed by atoms with E-state index < -0.39 is 5.60 Å². The summed E-state index contributed by atoms with van der Waals surface area (Å²) >= 11 is 5.73. The minimum absolute atomic E-state index is 0.260. The first-order chi connectivity index (χ1) is 6.03. The standard InChI is InChI=1S/C10H14ClNO/c1-10(13,7-12)6-8-2-4-9(11)5-3-8/h2-5,13H,6-7,12H2,1H3. The van der Waals surface area contributed by atoms with Gasteiger partial charge in [-0.15, -0.1) is 0 Å². The van der Waals surface area contributed by atoms with E-state index in [2.05, 4.69) is 0 Å². The zero-order valence-corrected chi connectivity index (χ0v) is 8.38. The summed E-state index contributed by atoms with van der Waals surface area (Å²) in [6.45, 7) is 1.98. The van der Waals surface area contributed by atoms with E-state index in [1.807, 2.05) is 24.3 Å². The molecule has 0 amide bonds. The van der Waals surface area contributed by atoms with E-state index in [0.29, 0.717) is 11.4 Å². The van der Waals surface area contributed by atoms with Crippen LogP contribution < -0.4 is 5.73 Å². The molecule has 0 fully saturated rings. The molecule has 0 saturated heterocycles. The summed E-state index contributed by atoms with van der Waals surface area (Å²) in [6, 6.07) is 7.41. The summed E-state index contributed by atoms with van der Waals surface area (Å²) in [5, 5.41) is 10.4. The highest BCUT2D eigenvalue weighted by Gasteiger charge is 2.18. The van der Waals surface area contributed by atoms with E-state index in [-0.39, 0.29) is 6.54 Å². The van der Waals surface area contributed by atoms with Crippen molar-refractivity contribution in [3.8, 4) is 0 Å². The highest BCUT2D eigenvalue weighted by molar-refractivity contribution is 6.30. The maximum absolute atomic E-state index is 9.69. The SMILES string of the molecule is CC(O)(CN)Cc1ccc(Cl)cc1. The fourth-order valence-electron chi connectivity index (χ4n) is 1.11. The van der Waals surface area contributed by atoms with E-state index in [1.54, 1.807) is 6.92 Å². The van der Waals surface area contributed by atoms with Crippen LogP contribution in [0.3, 0.4) is 0 Å². The molecule has 13 heavy (non-hydrogen) atoms. The van der Waals surface area contributed by atoms with Crippen LogP contribution >= 0.6 is 11.6 Å². The molecule has 1 unspecified atom stereocenters. The van der Waals surface area contributed by atoms with Crippen molar-refractivity contribution in [1.29, 1.82) is 0 Å². The van der Waals surface area contributed by atoms with Gasteiger partial charge in [-0.3, -0.25) is 0 Å². The third-order valence-corrected chi connectivity index (χ3v) is 2.19. The fourth-order valence-corrected chi connectivity index (χ4v) is 1.24. The summed E-state index contributed by atoms with van der Waals surface area (Å²) in [5.74, 6) is 0. The van der Waals surface area contributed by atoms with E-state index in [9.17, 15) is 5.11 Å². The molecule has 1 atom stereocenters. The Morgan fingerprint density at radius 1 is 1.38 bits per heavy atom. The van der Waals surface area contributed by atoms with Crippen LogP contribution in [0, 0.1) is 0 Å². The van der Waals surface area contributed by atoms with Crippen LogP contribution in [-0.4, -0.2) is 17.3 Å². The molecule has 0 saturated carbocycles. The lowest BCUT2D eigenvalue weighted by molar-refractivity contribution is 0.0696. The smallest absolute Gasteiger partial charge is 0.0781 e. The second kappa shape index (κ2) is 4.09. The second-order valence-corrected chi connectivity index (χ2v) is 3.94. The van der Waals surface area contributed by atoms with Gasteiger partial charge in [-0.05, 0) is 24.6 Å². The van der Waals surface area contributed by atoms with Gasteiger partial charge in [0.05, 0.1) is 5.60 Å². The van der Waals surface area contributed by atoms with Gasteiger partial charge in [0.1, 0.15) is 0 Å². The van der Waals surface area contributed by atoms with Crippen LogP contribution in [0.5, 0.6) is 0 Å².